The van der Waals surface area contributed by atoms with Gasteiger partial charge in [-0.05, 0) is 56.2 Å². The molecule has 6 nitrogen and oxygen atoms in total. The Bertz CT molecular complexity index is 791. The van der Waals surface area contributed by atoms with Crippen molar-refractivity contribution < 1.29 is 14.4 Å². The normalized spacial score (nSPS) is 22.1. The maximum Gasteiger partial charge on any atom is 0.325 e. The summed E-state index contributed by atoms with van der Waals surface area (Å²) in [7, 11) is 0. The van der Waals surface area contributed by atoms with E-state index in [1.807, 2.05) is 6.92 Å². The first-order chi connectivity index (χ1) is 13.5. The van der Waals surface area contributed by atoms with E-state index in [2.05, 4.69) is 16.7 Å². The van der Waals surface area contributed by atoms with E-state index >= 15 is 0 Å². The van der Waals surface area contributed by atoms with Gasteiger partial charge >= 0.3 is 6.03 Å². The van der Waals surface area contributed by atoms with Crippen molar-refractivity contribution in [1.82, 2.24) is 15.5 Å². The number of benzene rings is 1. The van der Waals surface area contributed by atoms with Crippen molar-refractivity contribution in [2.75, 3.05) is 13.1 Å². The summed E-state index contributed by atoms with van der Waals surface area (Å²) in [5, 5.41) is 6.14. The average Bonchev–Trinajstić information content (AvgIpc) is 2.94. The van der Waals surface area contributed by atoms with Crippen LogP contribution in [0, 0.1) is 0 Å². The quantitative estimate of drug-likeness (QED) is 0.540. The minimum atomic E-state index is -1.16. The van der Waals surface area contributed by atoms with Gasteiger partial charge in [-0.25, -0.2) is 4.79 Å². The summed E-state index contributed by atoms with van der Waals surface area (Å²) in [5.41, 5.74) is 0.869. The standard InChI is InChI=1S/C21H26ClN3O3/c1-2-21(16-8-10-17(22)11-9-16)19(27)25(20(28)24-21)14-18(26)23-13-12-15-6-4-3-5-7-15/h6,8-11H,2-5,7,12-14H2,1H3,(H,23,26)(H,24,28)/t21-/m0/s1. The second-order valence-corrected chi connectivity index (χ2v) is 7.73. The summed E-state index contributed by atoms with van der Waals surface area (Å²) in [6, 6.07) is 6.27. The molecule has 0 radical (unpaired) electrons. The smallest absolute Gasteiger partial charge is 0.325 e. The highest BCUT2D eigenvalue weighted by molar-refractivity contribution is 6.30. The molecule has 0 spiro atoms. The first kappa shape index (κ1) is 20.4. The summed E-state index contributed by atoms with van der Waals surface area (Å²) in [6.45, 7) is 2.07. The molecule has 2 aliphatic rings. The number of hydrogen-bond acceptors (Lipinski definition) is 3. The molecule has 1 heterocycles. The average molecular weight is 404 g/mol. The predicted molar refractivity (Wildman–Crippen MR) is 108 cm³/mol. The van der Waals surface area contributed by atoms with Crippen LogP contribution in [0.25, 0.3) is 0 Å². The van der Waals surface area contributed by atoms with Gasteiger partial charge in [0.15, 0.2) is 0 Å². The molecule has 1 atom stereocenters. The van der Waals surface area contributed by atoms with Crippen LogP contribution in [-0.4, -0.2) is 35.8 Å². The second-order valence-electron chi connectivity index (χ2n) is 7.30. The molecule has 1 saturated heterocycles. The van der Waals surface area contributed by atoms with E-state index in [1.165, 1.54) is 18.4 Å². The lowest BCUT2D eigenvalue weighted by molar-refractivity contribution is -0.135. The number of nitrogens with one attached hydrogen (secondary N) is 2. The molecule has 150 valence electrons. The maximum atomic E-state index is 13.0. The van der Waals surface area contributed by atoms with Crippen LogP contribution in [-0.2, 0) is 15.1 Å². The molecule has 1 aromatic carbocycles. The molecule has 7 heteroatoms. The lowest BCUT2D eigenvalue weighted by Crippen LogP contribution is -2.44. The summed E-state index contributed by atoms with van der Waals surface area (Å²) in [6.07, 6.45) is 8.06. The van der Waals surface area contributed by atoms with E-state index in [4.69, 9.17) is 11.6 Å². The molecule has 0 unspecified atom stereocenters. The number of carbonyl (C=O) groups excluding carboxylic acids is 3. The van der Waals surface area contributed by atoms with E-state index in [9.17, 15) is 14.4 Å². The Balaban J connectivity index is 1.61. The third-order valence-corrected chi connectivity index (χ3v) is 5.75. The van der Waals surface area contributed by atoms with Crippen molar-refractivity contribution in [3.8, 4) is 0 Å². The highest BCUT2D eigenvalue weighted by Gasteiger charge is 2.51. The first-order valence-corrected chi connectivity index (χ1v) is 10.2. The lowest BCUT2D eigenvalue weighted by Gasteiger charge is -2.25. The Morgan fingerprint density at radius 2 is 2.00 bits per heavy atom. The fourth-order valence-electron chi connectivity index (χ4n) is 3.84. The molecule has 0 bridgehead atoms. The fourth-order valence-corrected chi connectivity index (χ4v) is 3.96. The van der Waals surface area contributed by atoms with Crippen LogP contribution in [0.15, 0.2) is 35.9 Å². The zero-order chi connectivity index (χ0) is 20.1. The van der Waals surface area contributed by atoms with Gasteiger partial charge in [0.2, 0.25) is 5.91 Å². The molecule has 28 heavy (non-hydrogen) atoms. The molecule has 1 aromatic rings. The van der Waals surface area contributed by atoms with Gasteiger partial charge in [0.05, 0.1) is 0 Å². The highest BCUT2D eigenvalue weighted by Crippen LogP contribution is 2.33. The molecule has 1 fully saturated rings. The van der Waals surface area contributed by atoms with Crippen molar-refractivity contribution in [2.24, 2.45) is 0 Å². The van der Waals surface area contributed by atoms with Crippen LogP contribution in [0.5, 0.6) is 0 Å². The van der Waals surface area contributed by atoms with Crippen LogP contribution in [0.3, 0.4) is 0 Å². The fraction of sp³-hybridized carbons (Fsp3) is 0.476. The van der Waals surface area contributed by atoms with Gasteiger partial charge in [0, 0.05) is 11.6 Å². The first-order valence-electron chi connectivity index (χ1n) is 9.81. The van der Waals surface area contributed by atoms with Crippen molar-refractivity contribution in [3.05, 3.63) is 46.5 Å². The molecule has 3 rings (SSSR count). The van der Waals surface area contributed by atoms with E-state index in [1.54, 1.807) is 24.3 Å². The van der Waals surface area contributed by atoms with Crippen LogP contribution < -0.4 is 10.6 Å². The molecule has 2 N–H and O–H groups in total. The minimum Gasteiger partial charge on any atom is -0.354 e. The van der Waals surface area contributed by atoms with Crippen LogP contribution in [0.2, 0.25) is 5.02 Å². The van der Waals surface area contributed by atoms with Crippen LogP contribution in [0.4, 0.5) is 4.79 Å². The summed E-state index contributed by atoms with van der Waals surface area (Å²) in [4.78, 5) is 38.8. The SMILES string of the molecule is CC[C@@]1(c2ccc(Cl)cc2)NC(=O)N(CC(=O)NCCC2=CCCCC2)C1=O. The van der Waals surface area contributed by atoms with Crippen molar-refractivity contribution in [2.45, 2.75) is 51.0 Å². The zero-order valence-corrected chi connectivity index (χ0v) is 16.8. The Kier molecular flexibility index (Phi) is 6.39. The number of allylic oxidation sites excluding steroid dienone is 1. The number of urea groups is 1. The van der Waals surface area contributed by atoms with E-state index in [0.29, 0.717) is 23.6 Å². The van der Waals surface area contributed by atoms with Crippen LogP contribution in [0.1, 0.15) is 51.0 Å². The Hall–Kier alpha value is -2.34. The molecular weight excluding hydrogens is 378 g/mol. The summed E-state index contributed by atoms with van der Waals surface area (Å²) < 4.78 is 0. The predicted octanol–water partition coefficient (Wildman–Crippen LogP) is 3.50. The minimum absolute atomic E-state index is 0.279. The second kappa shape index (κ2) is 8.78. The number of amides is 4. The lowest BCUT2D eigenvalue weighted by atomic mass is 9.87. The number of rotatable bonds is 7. The van der Waals surface area contributed by atoms with Gasteiger partial charge in [-0.1, -0.05) is 42.3 Å². The number of halogens is 1. The van der Waals surface area contributed by atoms with E-state index in [0.717, 1.165) is 24.2 Å². The third-order valence-electron chi connectivity index (χ3n) is 5.50. The zero-order valence-electron chi connectivity index (χ0n) is 16.1. The molecular formula is C21H26ClN3O3. The number of carbonyl (C=O) groups is 3. The van der Waals surface area contributed by atoms with Crippen LogP contribution >= 0.6 is 11.6 Å². The van der Waals surface area contributed by atoms with Gasteiger partial charge in [0.1, 0.15) is 12.1 Å². The monoisotopic (exact) mass is 403 g/mol. The van der Waals surface area contributed by atoms with E-state index < -0.39 is 17.5 Å². The van der Waals surface area contributed by atoms with Gasteiger partial charge < -0.3 is 10.6 Å². The summed E-state index contributed by atoms with van der Waals surface area (Å²) in [5.74, 6) is -0.740. The Labute approximate surface area is 170 Å². The van der Waals surface area contributed by atoms with E-state index in [-0.39, 0.29) is 12.5 Å². The number of hydrogen-bond donors (Lipinski definition) is 2. The molecule has 1 aliphatic carbocycles. The van der Waals surface area contributed by atoms with Gasteiger partial charge in [-0.2, -0.15) is 0 Å². The molecule has 1 aliphatic heterocycles. The van der Waals surface area contributed by atoms with Gasteiger partial charge in [0.25, 0.3) is 5.91 Å². The molecule has 0 saturated carbocycles. The van der Waals surface area contributed by atoms with Gasteiger partial charge in [-0.3, -0.25) is 14.5 Å². The number of imide groups is 1. The Morgan fingerprint density at radius 3 is 2.64 bits per heavy atom. The van der Waals surface area contributed by atoms with Gasteiger partial charge in [-0.15, -0.1) is 0 Å². The van der Waals surface area contributed by atoms with Crippen molar-refractivity contribution in [1.29, 1.82) is 0 Å². The molecule has 0 aromatic heterocycles. The number of nitrogens with zero attached hydrogens (tertiary/aromatic N) is 1. The Morgan fingerprint density at radius 1 is 1.25 bits per heavy atom. The maximum absolute atomic E-state index is 13.0. The molecule has 4 amide bonds. The third kappa shape index (κ3) is 4.22. The highest BCUT2D eigenvalue weighted by atomic mass is 35.5. The van der Waals surface area contributed by atoms with Crippen molar-refractivity contribution in [3.63, 3.8) is 0 Å². The van der Waals surface area contributed by atoms with Crippen molar-refractivity contribution >= 4 is 29.4 Å². The largest absolute Gasteiger partial charge is 0.354 e. The summed E-state index contributed by atoms with van der Waals surface area (Å²) >= 11 is 5.93. The topological polar surface area (TPSA) is 78.5 Å².